The zero-order chi connectivity index (χ0) is 38.7. The predicted octanol–water partition coefficient (Wildman–Crippen LogP) is 5.79. The highest BCUT2D eigenvalue weighted by molar-refractivity contribution is 7.17. The number of carbonyl (C=O) groups is 4. The highest BCUT2D eigenvalue weighted by Gasteiger charge is 2.30. The Hall–Kier alpha value is -4.32. The zero-order valence-electron chi connectivity index (χ0n) is 30.5. The summed E-state index contributed by atoms with van der Waals surface area (Å²) in [4.78, 5) is 44.6. The Morgan fingerprint density at radius 3 is 1.41 bits per heavy atom. The van der Waals surface area contributed by atoms with E-state index in [-0.39, 0.29) is 12.2 Å². The van der Waals surface area contributed by atoms with Crippen LogP contribution in [0.15, 0.2) is 59.3 Å². The quantitative estimate of drug-likeness (QED) is 0.0794. The Morgan fingerprint density at radius 1 is 0.630 bits per heavy atom. The van der Waals surface area contributed by atoms with Crippen molar-refractivity contribution in [3.8, 4) is 0 Å². The molecular weight excluding hydrogens is 741 g/mol. The summed E-state index contributed by atoms with van der Waals surface area (Å²) in [5.41, 5.74) is 2.65. The van der Waals surface area contributed by atoms with Crippen molar-refractivity contribution in [3.63, 3.8) is 0 Å². The number of ether oxygens (including phenoxy) is 6. The number of likely N-dealkylation sites (tertiary alicyclic amines) is 2. The topological polar surface area (TPSA) is 171 Å². The summed E-state index contributed by atoms with van der Waals surface area (Å²) < 4.78 is 33.2. The summed E-state index contributed by atoms with van der Waals surface area (Å²) in [5.74, 6) is -3.65. The van der Waals surface area contributed by atoms with Crippen LogP contribution in [0, 0.1) is 0 Å². The van der Waals surface area contributed by atoms with Gasteiger partial charge in [0.15, 0.2) is 0 Å². The third kappa shape index (κ3) is 14.8. The second-order valence-corrected chi connectivity index (χ2v) is 14.4. The molecule has 2 aliphatic rings. The van der Waals surface area contributed by atoms with Gasteiger partial charge in [-0.1, -0.05) is 24.3 Å². The molecule has 0 saturated carbocycles. The maximum Gasteiger partial charge on any atom is 0.508 e. The van der Waals surface area contributed by atoms with Crippen LogP contribution >= 0.6 is 22.7 Å². The van der Waals surface area contributed by atoms with Gasteiger partial charge in [-0.05, 0) is 82.6 Å². The Bertz CT molecular complexity index is 1640. The molecule has 14 nitrogen and oxygen atoms in total. The van der Waals surface area contributed by atoms with Crippen molar-refractivity contribution in [2.75, 3.05) is 79.9 Å². The smallest absolute Gasteiger partial charge is 0.473 e. The molecule has 294 valence electrons. The number of carboxylic acids is 2. The fraction of sp³-hybridized carbons (Fsp3) is 0.474. The van der Waals surface area contributed by atoms with Crippen LogP contribution in [0.1, 0.15) is 24.0 Å². The second-order valence-electron chi connectivity index (χ2n) is 12.5. The number of carboxylic acid groups (broad SMARTS) is 2. The van der Waals surface area contributed by atoms with E-state index in [1.165, 1.54) is 45.5 Å². The molecule has 0 amide bonds. The number of hydrogen-bond acceptors (Lipinski definition) is 14. The Morgan fingerprint density at radius 2 is 1.04 bits per heavy atom. The molecule has 2 saturated heterocycles. The summed E-state index contributed by atoms with van der Waals surface area (Å²) in [6.07, 6.45) is 2.65. The molecule has 0 atom stereocenters. The van der Waals surface area contributed by atoms with E-state index in [2.05, 4.69) is 78.6 Å². The third-order valence-corrected chi connectivity index (χ3v) is 10.3. The summed E-state index contributed by atoms with van der Waals surface area (Å²) in [5, 5.41) is 21.7. The lowest BCUT2D eigenvalue weighted by Crippen LogP contribution is -2.53. The molecule has 16 heteroatoms. The van der Waals surface area contributed by atoms with Crippen molar-refractivity contribution in [2.24, 2.45) is 0 Å². The molecular formula is C38H48N2O12S2. The molecule has 2 aliphatic heterocycles. The molecule has 4 aromatic rings. The predicted molar refractivity (Wildman–Crippen MR) is 205 cm³/mol. The van der Waals surface area contributed by atoms with Gasteiger partial charge in [-0.3, -0.25) is 9.80 Å². The first-order valence-corrected chi connectivity index (χ1v) is 19.4. The number of benzene rings is 2. The lowest BCUT2D eigenvalue weighted by Gasteiger charge is -2.37. The minimum Gasteiger partial charge on any atom is -0.473 e. The highest BCUT2D eigenvalue weighted by Crippen LogP contribution is 2.23. The van der Waals surface area contributed by atoms with Gasteiger partial charge < -0.3 is 38.6 Å². The first-order chi connectivity index (χ1) is 26.1. The van der Waals surface area contributed by atoms with Gasteiger partial charge in [-0.15, -0.1) is 22.7 Å². The molecule has 0 unspecified atom stereocenters. The molecule has 2 fully saturated rings. The largest absolute Gasteiger partial charge is 0.508 e. The number of carbonyl (C=O) groups excluding carboxylic acids is 2. The van der Waals surface area contributed by atoms with Crippen molar-refractivity contribution in [1.82, 2.24) is 9.80 Å². The first kappa shape index (κ1) is 42.4. The van der Waals surface area contributed by atoms with Gasteiger partial charge in [-0.2, -0.15) is 0 Å². The van der Waals surface area contributed by atoms with Gasteiger partial charge >= 0.3 is 24.2 Å². The van der Waals surface area contributed by atoms with E-state index in [0.717, 1.165) is 91.4 Å². The standard InChI is InChI=1S/2C18H23NO4S.C2H2O4/c2*1-21-18(20)23-16-12-19(13-16)7-2-8-22-9-5-14-3-4-17-15(11-14)6-10-24-17;3-1(4)2(5)6/h2*3-4,6,10-11,16H,2,5,7-9,12-13H2,1H3;(H,3,4)(H,5,6). The first-order valence-electron chi connectivity index (χ1n) is 17.6. The van der Waals surface area contributed by atoms with E-state index in [1.54, 1.807) is 22.7 Å². The Kier molecular flexibility index (Phi) is 17.9. The molecule has 0 spiro atoms. The zero-order valence-corrected chi connectivity index (χ0v) is 32.1. The molecule has 2 aromatic heterocycles. The van der Waals surface area contributed by atoms with Crippen LogP contribution in [0.5, 0.6) is 0 Å². The lowest BCUT2D eigenvalue weighted by molar-refractivity contribution is -0.159. The summed E-state index contributed by atoms with van der Waals surface area (Å²) in [6.45, 7) is 8.13. The van der Waals surface area contributed by atoms with Crippen LogP contribution in [0.2, 0.25) is 0 Å². The maximum absolute atomic E-state index is 10.9. The van der Waals surface area contributed by atoms with Gasteiger partial charge in [0.25, 0.3) is 0 Å². The number of thiophene rings is 2. The number of hydrogen-bond donors (Lipinski definition) is 2. The fourth-order valence-corrected chi connectivity index (χ4v) is 7.18. The fourth-order valence-electron chi connectivity index (χ4n) is 5.64. The van der Waals surface area contributed by atoms with Crippen LogP contribution in [0.25, 0.3) is 20.2 Å². The SMILES string of the molecule is COC(=O)OC1CN(CCCOCCc2ccc3sccc3c2)C1.COC(=O)OC1CN(CCCOCCc2ccc3sccc3c2)C1.O=C(O)C(=O)O. The minimum atomic E-state index is -1.82. The molecule has 0 bridgehead atoms. The van der Waals surface area contributed by atoms with Gasteiger partial charge in [0.2, 0.25) is 0 Å². The number of fused-ring (bicyclic) bond motifs is 2. The molecule has 2 aromatic carbocycles. The van der Waals surface area contributed by atoms with Gasteiger partial charge in [0.05, 0.1) is 27.4 Å². The highest BCUT2D eigenvalue weighted by atomic mass is 32.1. The average molecular weight is 789 g/mol. The molecule has 6 rings (SSSR count). The third-order valence-electron chi connectivity index (χ3n) is 8.52. The maximum atomic E-state index is 10.9. The Balaban J connectivity index is 0.000000209. The number of aliphatic carboxylic acids is 2. The average Bonchev–Trinajstić information content (AvgIpc) is 3.81. The van der Waals surface area contributed by atoms with Crippen molar-refractivity contribution in [1.29, 1.82) is 0 Å². The Labute approximate surface area is 322 Å². The summed E-state index contributed by atoms with van der Waals surface area (Å²) >= 11 is 3.55. The number of nitrogens with zero attached hydrogens (tertiary/aromatic N) is 2. The van der Waals surface area contributed by atoms with E-state index in [4.69, 9.17) is 38.7 Å². The van der Waals surface area contributed by atoms with Crippen LogP contribution in [-0.4, -0.2) is 136 Å². The molecule has 2 N–H and O–H groups in total. The van der Waals surface area contributed by atoms with E-state index in [0.29, 0.717) is 0 Å². The van der Waals surface area contributed by atoms with Gasteiger partial charge in [0, 0.05) is 61.9 Å². The summed E-state index contributed by atoms with van der Waals surface area (Å²) in [7, 11) is 2.66. The monoisotopic (exact) mass is 788 g/mol. The minimum absolute atomic E-state index is 0.0228. The van der Waals surface area contributed by atoms with E-state index in [1.807, 2.05) is 0 Å². The van der Waals surface area contributed by atoms with Gasteiger partial charge in [-0.25, -0.2) is 19.2 Å². The van der Waals surface area contributed by atoms with E-state index in [9.17, 15) is 9.59 Å². The van der Waals surface area contributed by atoms with E-state index >= 15 is 0 Å². The van der Waals surface area contributed by atoms with Crippen molar-refractivity contribution in [2.45, 2.75) is 37.9 Å². The summed E-state index contributed by atoms with van der Waals surface area (Å²) in [6, 6.07) is 17.6. The normalized spacial score (nSPS) is 14.5. The van der Waals surface area contributed by atoms with Crippen molar-refractivity contribution >= 4 is 67.1 Å². The van der Waals surface area contributed by atoms with Crippen LogP contribution < -0.4 is 0 Å². The molecule has 0 aliphatic carbocycles. The molecule has 0 radical (unpaired) electrons. The molecule has 4 heterocycles. The van der Waals surface area contributed by atoms with Crippen molar-refractivity contribution < 1.29 is 57.8 Å². The second kappa shape index (κ2) is 22.8. The number of methoxy groups -OCH3 is 2. The van der Waals surface area contributed by atoms with Crippen molar-refractivity contribution in [3.05, 3.63) is 70.4 Å². The van der Waals surface area contributed by atoms with Crippen LogP contribution in [0.3, 0.4) is 0 Å². The van der Waals surface area contributed by atoms with Crippen LogP contribution in [0.4, 0.5) is 9.59 Å². The molecule has 54 heavy (non-hydrogen) atoms. The van der Waals surface area contributed by atoms with Crippen LogP contribution in [-0.2, 0) is 50.9 Å². The van der Waals surface area contributed by atoms with E-state index < -0.39 is 24.2 Å². The van der Waals surface area contributed by atoms with Gasteiger partial charge in [0.1, 0.15) is 12.2 Å². The number of rotatable bonds is 16. The lowest BCUT2D eigenvalue weighted by atomic mass is 10.1.